The summed E-state index contributed by atoms with van der Waals surface area (Å²) in [4.78, 5) is 31.6. The first-order valence-corrected chi connectivity index (χ1v) is 6.09. The van der Waals surface area contributed by atoms with E-state index in [0.717, 1.165) is 5.06 Å². The van der Waals surface area contributed by atoms with Crippen molar-refractivity contribution in [2.24, 2.45) is 0 Å². The number of carbonyl (C=O) groups excluding carboxylic acids is 2. The molecule has 18 heavy (non-hydrogen) atoms. The van der Waals surface area contributed by atoms with Gasteiger partial charge in [-0.25, -0.2) is 0 Å². The summed E-state index contributed by atoms with van der Waals surface area (Å²) in [5.74, 6) is -0.465. The standard InChI is InChI=1S/C7H11NO3.C5H13NO/c1-5(2)11-8-6(9)3-4-7(8)10;1-5(2)6(3)7-4/h5H,3-4H2,1-2H3;5H,1-4H3. The predicted octanol–water partition coefficient (Wildman–Crippen LogP) is 1.36. The molecule has 0 aliphatic carbocycles. The van der Waals surface area contributed by atoms with Gasteiger partial charge in [-0.3, -0.25) is 14.4 Å². The summed E-state index contributed by atoms with van der Waals surface area (Å²) in [6, 6.07) is 0.477. The van der Waals surface area contributed by atoms with Gasteiger partial charge < -0.3 is 4.84 Å². The lowest BCUT2D eigenvalue weighted by molar-refractivity contribution is -0.198. The second-order valence-electron chi connectivity index (χ2n) is 4.56. The van der Waals surface area contributed by atoms with E-state index in [0.29, 0.717) is 6.04 Å². The molecule has 1 rings (SSSR count). The zero-order valence-corrected chi connectivity index (χ0v) is 12.1. The van der Waals surface area contributed by atoms with Crippen LogP contribution in [0.5, 0.6) is 0 Å². The van der Waals surface area contributed by atoms with Crippen LogP contribution in [0.2, 0.25) is 0 Å². The summed E-state index contributed by atoms with van der Waals surface area (Å²) in [6.45, 7) is 7.70. The molecule has 0 N–H and O–H groups in total. The molecule has 0 atom stereocenters. The Hall–Kier alpha value is -0.980. The number of amides is 2. The highest BCUT2D eigenvalue weighted by Gasteiger charge is 2.30. The van der Waals surface area contributed by atoms with Gasteiger partial charge in [0.25, 0.3) is 11.8 Å². The fourth-order valence-corrected chi connectivity index (χ4v) is 1.10. The van der Waals surface area contributed by atoms with Crippen LogP contribution in [0.1, 0.15) is 40.5 Å². The van der Waals surface area contributed by atoms with Crippen molar-refractivity contribution in [1.29, 1.82) is 0 Å². The smallest absolute Gasteiger partial charge is 0.254 e. The van der Waals surface area contributed by atoms with Gasteiger partial charge in [-0.05, 0) is 27.7 Å². The molecule has 6 nitrogen and oxygen atoms in total. The Morgan fingerprint density at radius 1 is 1.11 bits per heavy atom. The normalized spacial score (nSPS) is 15.7. The van der Waals surface area contributed by atoms with E-state index in [4.69, 9.17) is 9.68 Å². The molecule has 1 fully saturated rings. The van der Waals surface area contributed by atoms with Crippen LogP contribution in [-0.4, -0.2) is 48.2 Å². The minimum atomic E-state index is -0.233. The van der Waals surface area contributed by atoms with E-state index in [1.165, 1.54) is 0 Å². The Bertz CT molecular complexity index is 263. The molecule has 106 valence electrons. The summed E-state index contributed by atoms with van der Waals surface area (Å²) in [7, 11) is 3.57. The zero-order valence-electron chi connectivity index (χ0n) is 12.1. The lowest BCUT2D eigenvalue weighted by Gasteiger charge is -2.16. The van der Waals surface area contributed by atoms with Crippen molar-refractivity contribution in [3.63, 3.8) is 0 Å². The zero-order chi connectivity index (χ0) is 14.3. The van der Waals surface area contributed by atoms with Crippen LogP contribution in [0.4, 0.5) is 0 Å². The van der Waals surface area contributed by atoms with Crippen LogP contribution in [-0.2, 0) is 19.3 Å². The quantitative estimate of drug-likeness (QED) is 0.564. The Balaban J connectivity index is 0.000000360. The van der Waals surface area contributed by atoms with Gasteiger partial charge in [0.1, 0.15) is 0 Å². The van der Waals surface area contributed by atoms with Gasteiger partial charge in [0.05, 0.1) is 13.2 Å². The molecule has 0 aromatic heterocycles. The lowest BCUT2D eigenvalue weighted by atomic mass is 10.4. The maximum atomic E-state index is 10.9. The lowest BCUT2D eigenvalue weighted by Crippen LogP contribution is -2.31. The second kappa shape index (κ2) is 8.18. The van der Waals surface area contributed by atoms with Crippen molar-refractivity contribution < 1.29 is 19.3 Å². The van der Waals surface area contributed by atoms with Crippen molar-refractivity contribution in [3.8, 4) is 0 Å². The minimum absolute atomic E-state index is 0.124. The molecule has 0 aromatic carbocycles. The second-order valence-corrected chi connectivity index (χ2v) is 4.56. The van der Waals surface area contributed by atoms with E-state index >= 15 is 0 Å². The van der Waals surface area contributed by atoms with Crippen molar-refractivity contribution in [3.05, 3.63) is 0 Å². The number of nitrogens with zero attached hydrogens (tertiary/aromatic N) is 2. The number of hydroxylamine groups is 4. The van der Waals surface area contributed by atoms with Crippen molar-refractivity contribution in [1.82, 2.24) is 10.1 Å². The Labute approximate surface area is 109 Å². The fourth-order valence-electron chi connectivity index (χ4n) is 1.10. The van der Waals surface area contributed by atoms with Gasteiger partial charge >= 0.3 is 0 Å². The molecular formula is C12H24N2O4. The summed E-state index contributed by atoms with van der Waals surface area (Å²) in [5.41, 5.74) is 0. The first-order valence-electron chi connectivity index (χ1n) is 6.09. The first-order chi connectivity index (χ1) is 8.29. The molecule has 0 spiro atoms. The highest BCUT2D eigenvalue weighted by Crippen LogP contribution is 2.13. The number of hydrogen-bond donors (Lipinski definition) is 0. The molecular weight excluding hydrogens is 236 g/mol. The van der Waals surface area contributed by atoms with E-state index in [2.05, 4.69) is 13.8 Å². The van der Waals surface area contributed by atoms with Gasteiger partial charge in [-0.2, -0.15) is 10.1 Å². The van der Waals surface area contributed by atoms with Gasteiger partial charge in [0, 0.05) is 25.9 Å². The summed E-state index contributed by atoms with van der Waals surface area (Å²) in [5, 5.41) is 2.66. The predicted molar refractivity (Wildman–Crippen MR) is 67.2 cm³/mol. The molecule has 0 bridgehead atoms. The van der Waals surface area contributed by atoms with E-state index in [1.54, 1.807) is 26.0 Å². The molecule has 2 amide bonds. The van der Waals surface area contributed by atoms with Crippen molar-refractivity contribution in [2.75, 3.05) is 14.2 Å². The molecule has 1 aliphatic heterocycles. The Kier molecular flexibility index (Phi) is 7.73. The third-order valence-electron chi connectivity index (χ3n) is 2.34. The van der Waals surface area contributed by atoms with Crippen LogP contribution < -0.4 is 0 Å². The Morgan fingerprint density at radius 2 is 1.56 bits per heavy atom. The molecule has 1 heterocycles. The molecule has 6 heteroatoms. The maximum Gasteiger partial charge on any atom is 0.254 e. The van der Waals surface area contributed by atoms with Crippen LogP contribution >= 0.6 is 0 Å². The minimum Gasteiger partial charge on any atom is -0.302 e. The summed E-state index contributed by atoms with van der Waals surface area (Å²) < 4.78 is 0. The van der Waals surface area contributed by atoms with Crippen LogP contribution in [0, 0.1) is 0 Å². The number of imide groups is 1. The van der Waals surface area contributed by atoms with E-state index in [9.17, 15) is 9.59 Å². The molecule has 0 radical (unpaired) electrons. The van der Waals surface area contributed by atoms with Gasteiger partial charge in [0.15, 0.2) is 0 Å². The van der Waals surface area contributed by atoms with Crippen LogP contribution in [0.25, 0.3) is 0 Å². The van der Waals surface area contributed by atoms with E-state index in [-0.39, 0.29) is 30.8 Å². The van der Waals surface area contributed by atoms with E-state index < -0.39 is 0 Å². The monoisotopic (exact) mass is 260 g/mol. The third-order valence-corrected chi connectivity index (χ3v) is 2.34. The maximum absolute atomic E-state index is 10.9. The topological polar surface area (TPSA) is 59.1 Å². The molecule has 0 saturated carbocycles. The highest BCUT2D eigenvalue weighted by molar-refractivity contribution is 6.00. The molecule has 0 aromatic rings. The number of rotatable bonds is 4. The third kappa shape index (κ3) is 6.09. The van der Waals surface area contributed by atoms with Gasteiger partial charge in [-0.15, -0.1) is 0 Å². The summed E-state index contributed by atoms with van der Waals surface area (Å²) in [6.07, 6.45) is 0.443. The Morgan fingerprint density at radius 3 is 1.78 bits per heavy atom. The van der Waals surface area contributed by atoms with Crippen molar-refractivity contribution >= 4 is 11.8 Å². The van der Waals surface area contributed by atoms with Gasteiger partial charge in [-0.1, -0.05) is 0 Å². The molecule has 0 unspecified atom stereocenters. The number of carbonyl (C=O) groups is 2. The highest BCUT2D eigenvalue weighted by atomic mass is 16.7. The number of hydrogen-bond acceptors (Lipinski definition) is 5. The van der Waals surface area contributed by atoms with Crippen LogP contribution in [0.15, 0.2) is 0 Å². The van der Waals surface area contributed by atoms with Crippen LogP contribution in [0.3, 0.4) is 0 Å². The molecule has 1 saturated heterocycles. The first kappa shape index (κ1) is 17.0. The average Bonchev–Trinajstić information content (AvgIpc) is 2.60. The SMILES string of the molecule is CC(C)ON1C(=O)CCC1=O.CON(C)C(C)C. The fraction of sp³-hybridized carbons (Fsp3) is 0.833. The van der Waals surface area contributed by atoms with Gasteiger partial charge in [0.2, 0.25) is 0 Å². The average molecular weight is 260 g/mol. The van der Waals surface area contributed by atoms with E-state index in [1.807, 2.05) is 7.05 Å². The summed E-state index contributed by atoms with van der Waals surface area (Å²) >= 11 is 0. The largest absolute Gasteiger partial charge is 0.302 e. The van der Waals surface area contributed by atoms with Crippen molar-refractivity contribution in [2.45, 2.75) is 52.7 Å². The molecule has 1 aliphatic rings.